The molecule has 192 valence electrons. The van der Waals surface area contributed by atoms with Crippen LogP contribution in [0.25, 0.3) is 20.2 Å². The van der Waals surface area contributed by atoms with Crippen molar-refractivity contribution in [1.82, 2.24) is 0 Å². The Balaban J connectivity index is 1.48. The van der Waals surface area contributed by atoms with Crippen LogP contribution in [0.4, 0.5) is 34.1 Å². The number of para-hydroxylation sites is 3. The van der Waals surface area contributed by atoms with Crippen molar-refractivity contribution >= 4 is 65.6 Å². The number of thiophene rings is 1. The van der Waals surface area contributed by atoms with E-state index in [1.54, 1.807) is 17.4 Å². The number of aromatic hydroxyl groups is 1. The summed E-state index contributed by atoms with van der Waals surface area (Å²) >= 11 is 1.80. The van der Waals surface area contributed by atoms with Crippen molar-refractivity contribution in [3.05, 3.63) is 152 Å². The van der Waals surface area contributed by atoms with Crippen molar-refractivity contribution in [2.24, 2.45) is 0 Å². The summed E-state index contributed by atoms with van der Waals surface area (Å²) in [6.07, 6.45) is 0. The van der Waals surface area contributed by atoms with Crippen molar-refractivity contribution in [2.75, 3.05) is 9.80 Å². The van der Waals surface area contributed by atoms with E-state index in [4.69, 9.17) is 0 Å². The van der Waals surface area contributed by atoms with Crippen molar-refractivity contribution < 1.29 is 5.11 Å². The zero-order valence-electron chi connectivity index (χ0n) is 21.7. The van der Waals surface area contributed by atoms with Gasteiger partial charge in [0, 0.05) is 49.0 Å². The third-order valence-corrected chi connectivity index (χ3v) is 8.24. The number of nitrogens with zero attached hydrogens (tertiary/aromatic N) is 2. The molecule has 6 aromatic carbocycles. The minimum Gasteiger partial charge on any atom is -0.508 e. The second-order valence-corrected chi connectivity index (χ2v) is 10.7. The van der Waals surface area contributed by atoms with Gasteiger partial charge in [-0.3, -0.25) is 0 Å². The molecule has 0 fully saturated rings. The predicted octanol–water partition coefficient (Wildman–Crippen LogP) is 10.7. The Morgan fingerprint density at radius 3 is 1.55 bits per heavy atom. The van der Waals surface area contributed by atoms with E-state index in [1.165, 1.54) is 20.2 Å². The first kappa shape index (κ1) is 24.0. The molecule has 3 nitrogen and oxygen atoms in total. The van der Waals surface area contributed by atoms with Crippen LogP contribution in [0.5, 0.6) is 5.75 Å². The van der Waals surface area contributed by atoms with Crippen LogP contribution in [-0.4, -0.2) is 5.11 Å². The van der Waals surface area contributed by atoms with Crippen molar-refractivity contribution in [2.45, 2.75) is 0 Å². The van der Waals surface area contributed by atoms with Gasteiger partial charge in [0.1, 0.15) is 5.75 Å². The zero-order valence-corrected chi connectivity index (χ0v) is 22.5. The fourth-order valence-corrected chi connectivity index (χ4v) is 6.46. The van der Waals surface area contributed by atoms with Gasteiger partial charge in [-0.2, -0.15) is 0 Å². The lowest BCUT2D eigenvalue weighted by Gasteiger charge is -2.33. The van der Waals surface area contributed by atoms with Gasteiger partial charge in [-0.25, -0.2) is 0 Å². The summed E-state index contributed by atoms with van der Waals surface area (Å²) in [6, 6.07) is 51.9. The van der Waals surface area contributed by atoms with Crippen LogP contribution in [-0.2, 0) is 0 Å². The number of phenols is 1. The summed E-state index contributed by atoms with van der Waals surface area (Å²) in [5, 5.41) is 13.4. The van der Waals surface area contributed by atoms with Crippen molar-refractivity contribution in [1.29, 1.82) is 0 Å². The molecule has 0 aliphatic heterocycles. The van der Waals surface area contributed by atoms with Crippen LogP contribution in [0, 0.1) is 0 Å². The molecule has 0 bridgehead atoms. The van der Waals surface area contributed by atoms with Gasteiger partial charge in [-0.15, -0.1) is 11.3 Å². The number of benzene rings is 6. The maximum absolute atomic E-state index is 10.8. The Hall–Kier alpha value is -5.06. The molecule has 40 heavy (non-hydrogen) atoms. The molecule has 0 unspecified atom stereocenters. The first-order valence-electron chi connectivity index (χ1n) is 13.3. The lowest BCUT2D eigenvalue weighted by molar-refractivity contribution is 0.475. The largest absolute Gasteiger partial charge is 0.508 e. The Bertz CT molecular complexity index is 1880. The van der Waals surface area contributed by atoms with Gasteiger partial charge in [-0.05, 0) is 66.7 Å². The maximum atomic E-state index is 10.8. The predicted molar refractivity (Wildman–Crippen MR) is 170 cm³/mol. The number of rotatable bonds is 6. The average Bonchev–Trinajstić information content (AvgIpc) is 3.38. The average molecular weight is 535 g/mol. The van der Waals surface area contributed by atoms with E-state index < -0.39 is 0 Å². The fraction of sp³-hybridized carbons (Fsp3) is 0. The molecule has 0 atom stereocenters. The topological polar surface area (TPSA) is 26.7 Å². The van der Waals surface area contributed by atoms with Crippen molar-refractivity contribution in [3.8, 4) is 5.75 Å². The van der Waals surface area contributed by atoms with E-state index in [2.05, 4.69) is 125 Å². The van der Waals surface area contributed by atoms with Gasteiger partial charge in [0.15, 0.2) is 0 Å². The summed E-state index contributed by atoms with van der Waals surface area (Å²) < 4.78 is 2.50. The molecule has 0 aliphatic rings. The van der Waals surface area contributed by atoms with Gasteiger partial charge in [0.2, 0.25) is 0 Å². The van der Waals surface area contributed by atoms with Crippen LogP contribution in [0.15, 0.2) is 152 Å². The molecular weight excluding hydrogens is 508 g/mol. The van der Waals surface area contributed by atoms with Crippen molar-refractivity contribution in [3.63, 3.8) is 0 Å². The summed E-state index contributed by atoms with van der Waals surface area (Å²) in [5.74, 6) is 0.212. The number of hydrogen-bond acceptors (Lipinski definition) is 4. The lowest BCUT2D eigenvalue weighted by Crippen LogP contribution is -2.16. The normalized spacial score (nSPS) is 11.1. The highest BCUT2D eigenvalue weighted by atomic mass is 32.1. The quantitative estimate of drug-likeness (QED) is 0.230. The highest BCUT2D eigenvalue weighted by Gasteiger charge is 2.23. The third-order valence-electron chi connectivity index (χ3n) is 7.10. The molecule has 4 heteroatoms. The first-order chi connectivity index (χ1) is 19.8. The minimum absolute atomic E-state index is 0.212. The SMILES string of the molecule is Oc1ccc(N(c2ccccc2)c2ccccc2)c(N(c2ccccc2)c2ccc3c(c2)sc2ccccc23)c1. The molecule has 0 radical (unpaired) electrons. The second-order valence-electron chi connectivity index (χ2n) is 9.63. The standard InChI is InChI=1S/C36H26N2OS/c39-30-21-23-33(37(26-12-4-1-5-13-26)27-14-6-2-7-15-27)34(25-30)38(28-16-8-3-9-17-28)29-20-22-32-31-18-10-11-19-35(31)40-36(32)24-29/h1-25,39H. The van der Waals surface area contributed by atoms with E-state index in [0.717, 1.165) is 34.1 Å². The number of hydrogen-bond donors (Lipinski definition) is 1. The minimum atomic E-state index is 0.212. The molecule has 0 aliphatic carbocycles. The van der Waals surface area contributed by atoms with Gasteiger partial charge < -0.3 is 14.9 Å². The maximum Gasteiger partial charge on any atom is 0.117 e. The van der Waals surface area contributed by atoms with E-state index in [0.29, 0.717) is 0 Å². The number of anilines is 6. The molecule has 1 N–H and O–H groups in total. The van der Waals surface area contributed by atoms with Crippen LogP contribution in [0.1, 0.15) is 0 Å². The van der Waals surface area contributed by atoms with Crippen LogP contribution in [0.3, 0.4) is 0 Å². The smallest absolute Gasteiger partial charge is 0.117 e. The molecule has 1 heterocycles. The van der Waals surface area contributed by atoms with Gasteiger partial charge in [0.25, 0.3) is 0 Å². The van der Waals surface area contributed by atoms with Crippen LogP contribution < -0.4 is 9.80 Å². The molecule has 0 spiro atoms. The van der Waals surface area contributed by atoms with Gasteiger partial charge >= 0.3 is 0 Å². The number of phenolic OH excluding ortho intramolecular Hbond substituents is 1. The Morgan fingerprint density at radius 2 is 0.925 bits per heavy atom. The first-order valence-corrected chi connectivity index (χ1v) is 14.1. The summed E-state index contributed by atoms with van der Waals surface area (Å²) in [7, 11) is 0. The molecule has 7 aromatic rings. The van der Waals surface area contributed by atoms with Gasteiger partial charge in [-0.1, -0.05) is 78.9 Å². The molecule has 0 saturated carbocycles. The Labute approximate surface area is 237 Å². The molecule has 1 aromatic heterocycles. The molecule has 0 saturated heterocycles. The highest BCUT2D eigenvalue weighted by molar-refractivity contribution is 7.25. The van der Waals surface area contributed by atoms with E-state index in [-0.39, 0.29) is 5.75 Å². The van der Waals surface area contributed by atoms with E-state index >= 15 is 0 Å². The zero-order chi connectivity index (χ0) is 26.9. The summed E-state index contributed by atoms with van der Waals surface area (Å²) in [5.41, 5.74) is 5.94. The fourth-order valence-electron chi connectivity index (χ4n) is 5.32. The van der Waals surface area contributed by atoms with Crippen LogP contribution >= 0.6 is 11.3 Å². The number of fused-ring (bicyclic) bond motifs is 3. The van der Waals surface area contributed by atoms with Crippen LogP contribution in [0.2, 0.25) is 0 Å². The molecule has 0 amide bonds. The summed E-state index contributed by atoms with van der Waals surface area (Å²) in [4.78, 5) is 4.47. The highest BCUT2D eigenvalue weighted by Crippen LogP contribution is 2.47. The van der Waals surface area contributed by atoms with Gasteiger partial charge in [0.05, 0.1) is 11.4 Å². The lowest BCUT2D eigenvalue weighted by atomic mass is 10.1. The summed E-state index contributed by atoms with van der Waals surface area (Å²) in [6.45, 7) is 0. The van der Waals surface area contributed by atoms with E-state index in [1.807, 2.05) is 30.3 Å². The monoisotopic (exact) mass is 534 g/mol. The second kappa shape index (κ2) is 10.3. The third kappa shape index (κ3) is 4.35. The molecule has 7 rings (SSSR count). The Morgan fingerprint density at radius 1 is 0.400 bits per heavy atom. The Kier molecular flexibility index (Phi) is 6.15. The molecular formula is C36H26N2OS. The van der Waals surface area contributed by atoms with E-state index in [9.17, 15) is 5.11 Å².